The van der Waals surface area contributed by atoms with Gasteiger partial charge in [0.05, 0.1) is 13.2 Å². The highest BCUT2D eigenvalue weighted by molar-refractivity contribution is 6.17. The summed E-state index contributed by atoms with van der Waals surface area (Å²) >= 11 is 5.74. The normalized spacial score (nSPS) is 16.2. The molecule has 0 aliphatic carbocycles. The van der Waals surface area contributed by atoms with E-state index >= 15 is 0 Å². The number of benzene rings is 1. The summed E-state index contributed by atoms with van der Waals surface area (Å²) in [5.74, 6) is 0.500. The standard InChI is InChI=1S/C12H14ClNO2/c13-9-10-2-1-3-11(8-10)12(15)14-4-6-16-7-5-14/h1-3,8H,4-7,9H2. The van der Waals surface area contributed by atoms with Crippen LogP contribution in [-0.4, -0.2) is 37.1 Å². The van der Waals surface area contributed by atoms with Gasteiger partial charge in [-0.2, -0.15) is 0 Å². The largest absolute Gasteiger partial charge is 0.378 e. The Balaban J connectivity index is 2.12. The number of morpholine rings is 1. The number of halogens is 1. The summed E-state index contributed by atoms with van der Waals surface area (Å²) in [6, 6.07) is 7.47. The molecule has 16 heavy (non-hydrogen) atoms. The van der Waals surface area contributed by atoms with Crippen LogP contribution < -0.4 is 0 Å². The van der Waals surface area contributed by atoms with Gasteiger partial charge < -0.3 is 9.64 Å². The number of hydrogen-bond donors (Lipinski definition) is 0. The van der Waals surface area contributed by atoms with Gasteiger partial charge >= 0.3 is 0 Å². The van der Waals surface area contributed by atoms with E-state index in [0.717, 1.165) is 5.56 Å². The maximum atomic E-state index is 12.1. The second-order valence-electron chi connectivity index (χ2n) is 3.74. The van der Waals surface area contributed by atoms with Crippen LogP contribution in [-0.2, 0) is 10.6 Å². The third kappa shape index (κ3) is 2.54. The number of carbonyl (C=O) groups is 1. The minimum atomic E-state index is 0.0651. The fraction of sp³-hybridized carbons (Fsp3) is 0.417. The highest BCUT2D eigenvalue weighted by Crippen LogP contribution is 2.11. The summed E-state index contributed by atoms with van der Waals surface area (Å²) in [4.78, 5) is 13.9. The molecule has 1 aromatic carbocycles. The molecule has 1 aliphatic heterocycles. The third-order valence-electron chi connectivity index (χ3n) is 2.63. The summed E-state index contributed by atoms with van der Waals surface area (Å²) in [7, 11) is 0. The predicted molar refractivity (Wildman–Crippen MR) is 62.7 cm³/mol. The van der Waals surface area contributed by atoms with Crippen LogP contribution in [0.3, 0.4) is 0 Å². The van der Waals surface area contributed by atoms with Crippen LogP contribution in [0.4, 0.5) is 0 Å². The predicted octanol–water partition coefficient (Wildman–Crippen LogP) is 1.90. The van der Waals surface area contributed by atoms with E-state index in [1.165, 1.54) is 0 Å². The highest BCUT2D eigenvalue weighted by atomic mass is 35.5. The second-order valence-corrected chi connectivity index (χ2v) is 4.01. The molecule has 1 heterocycles. The fourth-order valence-electron chi connectivity index (χ4n) is 1.74. The van der Waals surface area contributed by atoms with Gasteiger partial charge in [-0.05, 0) is 17.7 Å². The van der Waals surface area contributed by atoms with E-state index in [4.69, 9.17) is 16.3 Å². The van der Waals surface area contributed by atoms with E-state index in [1.54, 1.807) is 0 Å². The monoisotopic (exact) mass is 239 g/mol. The smallest absolute Gasteiger partial charge is 0.254 e. The van der Waals surface area contributed by atoms with Crippen LogP contribution in [0.2, 0.25) is 0 Å². The first-order valence-electron chi connectivity index (χ1n) is 5.33. The van der Waals surface area contributed by atoms with Gasteiger partial charge in [-0.25, -0.2) is 0 Å². The minimum absolute atomic E-state index is 0.0651. The summed E-state index contributed by atoms with van der Waals surface area (Å²) in [5.41, 5.74) is 1.68. The molecule has 0 N–H and O–H groups in total. The van der Waals surface area contributed by atoms with Gasteiger partial charge in [-0.15, -0.1) is 11.6 Å². The summed E-state index contributed by atoms with van der Waals surface area (Å²) in [6.45, 7) is 2.59. The van der Waals surface area contributed by atoms with E-state index < -0.39 is 0 Å². The van der Waals surface area contributed by atoms with Crippen LogP contribution in [0.5, 0.6) is 0 Å². The van der Waals surface area contributed by atoms with E-state index in [9.17, 15) is 4.79 Å². The lowest BCUT2D eigenvalue weighted by molar-refractivity contribution is 0.0303. The lowest BCUT2D eigenvalue weighted by Crippen LogP contribution is -2.40. The fourth-order valence-corrected chi connectivity index (χ4v) is 1.90. The lowest BCUT2D eigenvalue weighted by atomic mass is 10.1. The Kier molecular flexibility index (Phi) is 3.80. The first kappa shape index (κ1) is 11.4. The van der Waals surface area contributed by atoms with E-state index in [0.29, 0.717) is 37.7 Å². The van der Waals surface area contributed by atoms with Crippen molar-refractivity contribution in [3.05, 3.63) is 35.4 Å². The Morgan fingerprint density at radius 2 is 2.12 bits per heavy atom. The second kappa shape index (κ2) is 5.32. The Bertz CT molecular complexity index is 375. The number of hydrogen-bond acceptors (Lipinski definition) is 2. The molecule has 4 heteroatoms. The van der Waals surface area contributed by atoms with Crippen molar-refractivity contribution in [2.24, 2.45) is 0 Å². The van der Waals surface area contributed by atoms with E-state index in [-0.39, 0.29) is 5.91 Å². The molecular formula is C12H14ClNO2. The van der Waals surface area contributed by atoms with Crippen molar-refractivity contribution in [2.45, 2.75) is 5.88 Å². The quantitative estimate of drug-likeness (QED) is 0.738. The van der Waals surface area contributed by atoms with E-state index in [1.807, 2.05) is 29.2 Å². The molecule has 1 aliphatic rings. The molecule has 0 radical (unpaired) electrons. The van der Waals surface area contributed by atoms with Crippen molar-refractivity contribution in [3.63, 3.8) is 0 Å². The zero-order chi connectivity index (χ0) is 11.4. The molecule has 0 saturated carbocycles. The molecular weight excluding hydrogens is 226 g/mol. The Labute approximate surface area is 100.0 Å². The van der Waals surface area contributed by atoms with Gasteiger partial charge in [0.15, 0.2) is 0 Å². The summed E-state index contributed by atoms with van der Waals surface area (Å²) in [5, 5.41) is 0. The number of alkyl halides is 1. The zero-order valence-electron chi connectivity index (χ0n) is 8.99. The molecule has 0 bridgehead atoms. The van der Waals surface area contributed by atoms with Crippen molar-refractivity contribution in [1.82, 2.24) is 4.90 Å². The van der Waals surface area contributed by atoms with Crippen molar-refractivity contribution < 1.29 is 9.53 Å². The van der Waals surface area contributed by atoms with Gasteiger partial charge in [0.1, 0.15) is 0 Å². The molecule has 0 atom stereocenters. The average Bonchev–Trinajstić information content (AvgIpc) is 2.39. The zero-order valence-corrected chi connectivity index (χ0v) is 9.74. The molecule has 2 rings (SSSR count). The number of nitrogens with zero attached hydrogens (tertiary/aromatic N) is 1. The third-order valence-corrected chi connectivity index (χ3v) is 2.94. The van der Waals surface area contributed by atoms with Crippen molar-refractivity contribution in [2.75, 3.05) is 26.3 Å². The first-order chi connectivity index (χ1) is 7.81. The average molecular weight is 240 g/mol. The topological polar surface area (TPSA) is 29.5 Å². The molecule has 1 aromatic rings. The van der Waals surface area contributed by atoms with Crippen LogP contribution in [0.25, 0.3) is 0 Å². The van der Waals surface area contributed by atoms with Gasteiger partial charge in [-0.1, -0.05) is 12.1 Å². The van der Waals surface area contributed by atoms with Gasteiger partial charge in [-0.3, -0.25) is 4.79 Å². The van der Waals surface area contributed by atoms with Crippen LogP contribution in [0, 0.1) is 0 Å². The summed E-state index contributed by atoms with van der Waals surface area (Å²) < 4.78 is 5.22. The van der Waals surface area contributed by atoms with Gasteiger partial charge in [0.2, 0.25) is 0 Å². The highest BCUT2D eigenvalue weighted by Gasteiger charge is 2.18. The SMILES string of the molecule is O=C(c1cccc(CCl)c1)N1CCOCC1. The summed E-state index contributed by atoms with van der Waals surface area (Å²) in [6.07, 6.45) is 0. The van der Waals surface area contributed by atoms with Crippen molar-refractivity contribution >= 4 is 17.5 Å². The van der Waals surface area contributed by atoms with Crippen molar-refractivity contribution in [1.29, 1.82) is 0 Å². The lowest BCUT2D eigenvalue weighted by Gasteiger charge is -2.26. The molecule has 1 amide bonds. The maximum absolute atomic E-state index is 12.1. The first-order valence-corrected chi connectivity index (χ1v) is 5.86. The molecule has 1 saturated heterocycles. The molecule has 1 fully saturated rings. The Morgan fingerprint density at radius 3 is 2.81 bits per heavy atom. The number of carbonyl (C=O) groups excluding carboxylic acids is 1. The molecule has 3 nitrogen and oxygen atoms in total. The van der Waals surface area contributed by atoms with Gasteiger partial charge in [0, 0.05) is 24.5 Å². The number of amides is 1. The van der Waals surface area contributed by atoms with E-state index in [2.05, 4.69) is 0 Å². The van der Waals surface area contributed by atoms with Crippen molar-refractivity contribution in [3.8, 4) is 0 Å². The molecule has 86 valence electrons. The minimum Gasteiger partial charge on any atom is -0.378 e. The van der Waals surface area contributed by atoms with Crippen LogP contribution in [0.1, 0.15) is 15.9 Å². The van der Waals surface area contributed by atoms with Gasteiger partial charge in [0.25, 0.3) is 5.91 Å². The number of rotatable bonds is 2. The maximum Gasteiger partial charge on any atom is 0.254 e. The Hall–Kier alpha value is -1.06. The molecule has 0 aromatic heterocycles. The Morgan fingerprint density at radius 1 is 1.38 bits per heavy atom. The molecule has 0 unspecified atom stereocenters. The molecule has 0 spiro atoms. The van der Waals surface area contributed by atoms with Crippen LogP contribution in [0.15, 0.2) is 24.3 Å². The number of ether oxygens (including phenoxy) is 1. The van der Waals surface area contributed by atoms with Crippen LogP contribution >= 0.6 is 11.6 Å².